The average Bonchev–Trinajstić information content (AvgIpc) is 2.42. The van der Waals surface area contributed by atoms with Gasteiger partial charge in [-0.15, -0.1) is 0 Å². The Morgan fingerprint density at radius 3 is 2.68 bits per heavy atom. The summed E-state index contributed by atoms with van der Waals surface area (Å²) in [6, 6.07) is 10.2. The molecular formula is C14H13FO3S. The highest BCUT2D eigenvalue weighted by Crippen LogP contribution is 2.35. The summed E-state index contributed by atoms with van der Waals surface area (Å²) in [4.78, 5) is 11.9. The molecule has 0 aromatic heterocycles. The SMILES string of the molecule is CCOC(=O)C(F)Sc1ccc(O)c2ccccc12. The lowest BCUT2D eigenvalue weighted by molar-refractivity contribution is -0.145. The molecule has 2 aromatic rings. The number of aromatic hydroxyl groups is 1. The molecule has 0 spiro atoms. The Bertz CT molecular complexity index is 600. The van der Waals surface area contributed by atoms with E-state index in [9.17, 15) is 14.3 Å². The Morgan fingerprint density at radius 1 is 1.32 bits per heavy atom. The Labute approximate surface area is 114 Å². The van der Waals surface area contributed by atoms with Crippen LogP contribution in [0, 0.1) is 0 Å². The smallest absolute Gasteiger partial charge is 0.351 e. The van der Waals surface area contributed by atoms with Gasteiger partial charge in [0.2, 0.25) is 5.50 Å². The van der Waals surface area contributed by atoms with Crippen LogP contribution in [0.3, 0.4) is 0 Å². The molecule has 100 valence electrons. The molecule has 0 aliphatic carbocycles. The van der Waals surface area contributed by atoms with Gasteiger partial charge in [-0.05, 0) is 24.4 Å². The van der Waals surface area contributed by atoms with E-state index in [2.05, 4.69) is 4.74 Å². The van der Waals surface area contributed by atoms with Crippen molar-refractivity contribution >= 4 is 28.5 Å². The van der Waals surface area contributed by atoms with Crippen LogP contribution in [-0.2, 0) is 9.53 Å². The minimum Gasteiger partial charge on any atom is -0.507 e. The lowest BCUT2D eigenvalue weighted by Gasteiger charge is -2.10. The summed E-state index contributed by atoms with van der Waals surface area (Å²) in [5, 5.41) is 11.1. The average molecular weight is 280 g/mol. The van der Waals surface area contributed by atoms with Crippen LogP contribution in [-0.4, -0.2) is 23.2 Å². The van der Waals surface area contributed by atoms with Crippen molar-refractivity contribution in [2.75, 3.05) is 6.61 Å². The number of thioether (sulfide) groups is 1. The second-order valence-electron chi connectivity index (χ2n) is 3.81. The van der Waals surface area contributed by atoms with Crippen LogP contribution in [0.4, 0.5) is 4.39 Å². The van der Waals surface area contributed by atoms with E-state index in [-0.39, 0.29) is 12.4 Å². The molecule has 0 amide bonds. The fraction of sp³-hybridized carbons (Fsp3) is 0.214. The minimum absolute atomic E-state index is 0.131. The number of esters is 1. The standard InChI is InChI=1S/C14H13FO3S/c1-2-18-14(17)13(15)19-12-8-7-11(16)9-5-3-4-6-10(9)12/h3-8,13,16H,2H2,1H3. The van der Waals surface area contributed by atoms with Crippen LogP contribution in [0.2, 0.25) is 0 Å². The zero-order valence-electron chi connectivity index (χ0n) is 10.3. The zero-order chi connectivity index (χ0) is 13.8. The number of rotatable bonds is 4. The molecular weight excluding hydrogens is 267 g/mol. The first-order valence-corrected chi connectivity index (χ1v) is 6.69. The Balaban J connectivity index is 2.31. The first-order chi connectivity index (χ1) is 9.13. The van der Waals surface area contributed by atoms with Crippen molar-refractivity contribution in [2.45, 2.75) is 17.3 Å². The van der Waals surface area contributed by atoms with Crippen molar-refractivity contribution in [2.24, 2.45) is 0 Å². The minimum atomic E-state index is -1.77. The van der Waals surface area contributed by atoms with E-state index in [1.807, 2.05) is 0 Å². The molecule has 1 unspecified atom stereocenters. The van der Waals surface area contributed by atoms with E-state index in [0.29, 0.717) is 15.7 Å². The van der Waals surface area contributed by atoms with Crippen LogP contribution < -0.4 is 0 Å². The number of benzene rings is 2. The van der Waals surface area contributed by atoms with E-state index in [1.54, 1.807) is 37.3 Å². The van der Waals surface area contributed by atoms with E-state index >= 15 is 0 Å². The summed E-state index contributed by atoms with van der Waals surface area (Å²) in [7, 11) is 0. The second-order valence-corrected chi connectivity index (χ2v) is 4.90. The molecule has 1 atom stereocenters. The first kappa shape index (κ1) is 13.7. The summed E-state index contributed by atoms with van der Waals surface area (Å²) in [5.74, 6) is -0.754. The predicted molar refractivity (Wildman–Crippen MR) is 73.0 cm³/mol. The third-order valence-electron chi connectivity index (χ3n) is 2.56. The number of phenols is 1. The molecule has 0 radical (unpaired) electrons. The molecule has 0 heterocycles. The van der Waals surface area contributed by atoms with Gasteiger partial charge in [0.15, 0.2) is 0 Å². The monoisotopic (exact) mass is 280 g/mol. The molecule has 0 aliphatic heterocycles. The predicted octanol–water partition coefficient (Wildman–Crippen LogP) is 3.50. The molecule has 0 fully saturated rings. The summed E-state index contributed by atoms with van der Waals surface area (Å²) < 4.78 is 18.4. The highest BCUT2D eigenvalue weighted by Gasteiger charge is 2.21. The number of hydrogen-bond acceptors (Lipinski definition) is 4. The van der Waals surface area contributed by atoms with Crippen LogP contribution in [0.1, 0.15) is 6.92 Å². The maximum atomic E-state index is 13.7. The fourth-order valence-corrected chi connectivity index (χ4v) is 2.56. The molecule has 3 nitrogen and oxygen atoms in total. The Hall–Kier alpha value is -1.75. The van der Waals surface area contributed by atoms with Crippen LogP contribution in [0.15, 0.2) is 41.3 Å². The molecule has 19 heavy (non-hydrogen) atoms. The van der Waals surface area contributed by atoms with Gasteiger partial charge in [-0.25, -0.2) is 9.18 Å². The normalized spacial score (nSPS) is 12.3. The molecule has 2 rings (SSSR count). The zero-order valence-corrected chi connectivity index (χ0v) is 11.1. The van der Waals surface area contributed by atoms with Crippen LogP contribution in [0.25, 0.3) is 10.8 Å². The molecule has 5 heteroatoms. The van der Waals surface area contributed by atoms with Gasteiger partial charge in [0.25, 0.3) is 0 Å². The summed E-state index contributed by atoms with van der Waals surface area (Å²) >= 11 is 0.778. The van der Waals surface area contributed by atoms with Gasteiger partial charge < -0.3 is 9.84 Å². The van der Waals surface area contributed by atoms with Gasteiger partial charge in [0, 0.05) is 10.3 Å². The van der Waals surface area contributed by atoms with Gasteiger partial charge >= 0.3 is 5.97 Å². The van der Waals surface area contributed by atoms with Crippen LogP contribution >= 0.6 is 11.8 Å². The van der Waals surface area contributed by atoms with Crippen molar-refractivity contribution in [3.05, 3.63) is 36.4 Å². The van der Waals surface area contributed by atoms with Crippen molar-refractivity contribution in [1.29, 1.82) is 0 Å². The highest BCUT2D eigenvalue weighted by molar-refractivity contribution is 8.00. The van der Waals surface area contributed by atoms with Crippen LogP contribution in [0.5, 0.6) is 5.75 Å². The van der Waals surface area contributed by atoms with Crippen molar-refractivity contribution in [3.8, 4) is 5.75 Å². The fourth-order valence-electron chi connectivity index (χ4n) is 1.73. The van der Waals surface area contributed by atoms with Gasteiger partial charge in [0.05, 0.1) is 6.61 Å². The Morgan fingerprint density at radius 2 is 2.00 bits per heavy atom. The van der Waals surface area contributed by atoms with Gasteiger partial charge in [0.1, 0.15) is 5.75 Å². The quantitative estimate of drug-likeness (QED) is 0.688. The molecule has 2 aromatic carbocycles. The van der Waals surface area contributed by atoms with Crippen molar-refractivity contribution < 1.29 is 19.0 Å². The third-order valence-corrected chi connectivity index (χ3v) is 3.57. The lowest BCUT2D eigenvalue weighted by Crippen LogP contribution is -2.15. The molecule has 0 saturated carbocycles. The third kappa shape index (κ3) is 2.98. The van der Waals surface area contributed by atoms with Crippen molar-refractivity contribution in [3.63, 3.8) is 0 Å². The number of carbonyl (C=O) groups is 1. The van der Waals surface area contributed by atoms with E-state index in [4.69, 9.17) is 0 Å². The largest absolute Gasteiger partial charge is 0.507 e. The number of alkyl halides is 1. The summed E-state index contributed by atoms with van der Waals surface area (Å²) in [5.41, 5.74) is -1.77. The number of ether oxygens (including phenoxy) is 1. The maximum absolute atomic E-state index is 13.7. The Kier molecular flexibility index (Phi) is 4.27. The van der Waals surface area contributed by atoms with Gasteiger partial charge in [-0.2, -0.15) is 0 Å². The summed E-state index contributed by atoms with van der Waals surface area (Å²) in [6.45, 7) is 1.78. The maximum Gasteiger partial charge on any atom is 0.351 e. The topological polar surface area (TPSA) is 46.5 Å². The van der Waals surface area contributed by atoms with E-state index in [0.717, 1.165) is 11.8 Å². The number of halogens is 1. The van der Waals surface area contributed by atoms with Gasteiger partial charge in [-0.3, -0.25) is 0 Å². The highest BCUT2D eigenvalue weighted by atomic mass is 32.2. The number of fused-ring (bicyclic) bond motifs is 1. The molecule has 0 saturated heterocycles. The van der Waals surface area contributed by atoms with E-state index < -0.39 is 11.5 Å². The summed E-state index contributed by atoms with van der Waals surface area (Å²) in [6.07, 6.45) is 0. The molecule has 0 aliphatic rings. The van der Waals surface area contributed by atoms with E-state index in [1.165, 1.54) is 6.07 Å². The number of hydrogen-bond donors (Lipinski definition) is 1. The first-order valence-electron chi connectivity index (χ1n) is 5.81. The van der Waals surface area contributed by atoms with Crippen molar-refractivity contribution in [1.82, 2.24) is 0 Å². The number of carbonyl (C=O) groups excluding carboxylic acids is 1. The second kappa shape index (κ2) is 5.93. The number of phenolic OH excluding ortho intramolecular Hbond substituents is 1. The molecule has 0 bridgehead atoms. The lowest BCUT2D eigenvalue weighted by atomic mass is 10.1. The van der Waals surface area contributed by atoms with Gasteiger partial charge in [-0.1, -0.05) is 36.0 Å². The molecule has 1 N–H and O–H groups in total.